The fourth-order valence-corrected chi connectivity index (χ4v) is 2.10. The minimum Gasteiger partial charge on any atom is -0.376 e. The smallest absolute Gasteiger partial charge is 0.289 e. The Hall–Kier alpha value is -2.15. The van der Waals surface area contributed by atoms with Crippen molar-refractivity contribution in [3.05, 3.63) is 35.5 Å². The van der Waals surface area contributed by atoms with Crippen molar-refractivity contribution < 1.29 is 14.1 Å². The van der Waals surface area contributed by atoms with Gasteiger partial charge in [0, 0.05) is 30.3 Å². The first-order valence-corrected chi connectivity index (χ1v) is 6.15. The summed E-state index contributed by atoms with van der Waals surface area (Å²) in [7, 11) is 0. The number of amides is 1. The molecule has 1 N–H and O–H groups in total. The Bertz CT molecular complexity index is 562. The van der Waals surface area contributed by atoms with E-state index in [0.29, 0.717) is 19.7 Å². The molecule has 0 atom stereocenters. The van der Waals surface area contributed by atoms with Crippen molar-refractivity contribution in [2.45, 2.75) is 19.6 Å². The molecule has 7 nitrogen and oxygen atoms in total. The number of carbonyl (C=O) groups excluding carboxylic acids is 1. The maximum absolute atomic E-state index is 11.6. The summed E-state index contributed by atoms with van der Waals surface area (Å²) in [4.78, 5) is 11.6. The van der Waals surface area contributed by atoms with Crippen LogP contribution in [0.15, 0.2) is 23.0 Å². The summed E-state index contributed by atoms with van der Waals surface area (Å²) >= 11 is 0. The molecule has 1 aliphatic heterocycles. The van der Waals surface area contributed by atoms with Crippen molar-refractivity contribution in [2.75, 3.05) is 13.2 Å². The number of nitrogens with one attached hydrogen (secondary N) is 1. The van der Waals surface area contributed by atoms with Crippen LogP contribution in [0.3, 0.4) is 0 Å². The van der Waals surface area contributed by atoms with Gasteiger partial charge in [0.05, 0.1) is 32.2 Å². The first-order chi connectivity index (χ1) is 9.34. The van der Waals surface area contributed by atoms with Crippen molar-refractivity contribution in [2.24, 2.45) is 0 Å². The second-order valence-electron chi connectivity index (χ2n) is 4.27. The summed E-state index contributed by atoms with van der Waals surface area (Å²) < 4.78 is 12.0. The Labute approximate surface area is 109 Å². The van der Waals surface area contributed by atoms with Gasteiger partial charge < -0.3 is 14.6 Å². The van der Waals surface area contributed by atoms with Crippen molar-refractivity contribution in [3.8, 4) is 0 Å². The summed E-state index contributed by atoms with van der Waals surface area (Å²) in [6.07, 6.45) is 4.14. The number of hydrogen-bond donors (Lipinski definition) is 1. The van der Waals surface area contributed by atoms with E-state index < -0.39 is 0 Å². The second kappa shape index (κ2) is 5.23. The predicted octanol–water partition coefficient (Wildman–Crippen LogP) is 0.374. The first kappa shape index (κ1) is 11.9. The normalized spacial score (nSPS) is 14.1. The molecule has 0 radical (unpaired) electrons. The molecule has 2 aromatic heterocycles. The third-order valence-corrected chi connectivity index (χ3v) is 3.05. The lowest BCUT2D eigenvalue weighted by atomic mass is 10.2. The molecule has 0 saturated carbocycles. The van der Waals surface area contributed by atoms with E-state index in [9.17, 15) is 4.79 Å². The van der Waals surface area contributed by atoms with E-state index >= 15 is 0 Å². The summed E-state index contributed by atoms with van der Waals surface area (Å²) in [5.74, 6) is -0.0437. The number of fused-ring (bicyclic) bond motifs is 1. The molecular weight excluding hydrogens is 248 g/mol. The van der Waals surface area contributed by atoms with Crippen LogP contribution in [0.4, 0.5) is 0 Å². The summed E-state index contributed by atoms with van der Waals surface area (Å²) in [6, 6.07) is 1.53. The van der Waals surface area contributed by atoms with Gasteiger partial charge in [-0.25, -0.2) is 0 Å². The number of nitrogens with zero attached hydrogens (tertiary/aromatic N) is 3. The SMILES string of the molecule is O=C(NCCn1ncc2c1CCOC2)c1ccno1. The molecule has 2 aromatic rings. The zero-order chi connectivity index (χ0) is 13.1. The van der Waals surface area contributed by atoms with Gasteiger partial charge in [-0.1, -0.05) is 5.16 Å². The maximum Gasteiger partial charge on any atom is 0.289 e. The van der Waals surface area contributed by atoms with Gasteiger partial charge in [-0.2, -0.15) is 5.10 Å². The molecule has 1 aliphatic rings. The van der Waals surface area contributed by atoms with E-state index in [1.54, 1.807) is 0 Å². The third-order valence-electron chi connectivity index (χ3n) is 3.05. The molecule has 0 fully saturated rings. The molecule has 19 heavy (non-hydrogen) atoms. The Morgan fingerprint density at radius 2 is 2.47 bits per heavy atom. The molecule has 0 bridgehead atoms. The van der Waals surface area contributed by atoms with Crippen LogP contribution in [-0.2, 0) is 24.3 Å². The van der Waals surface area contributed by atoms with Gasteiger partial charge in [0.2, 0.25) is 5.76 Å². The predicted molar refractivity (Wildman–Crippen MR) is 64.4 cm³/mol. The number of hydrogen-bond acceptors (Lipinski definition) is 5. The van der Waals surface area contributed by atoms with E-state index in [1.165, 1.54) is 18.0 Å². The van der Waals surface area contributed by atoms with Crippen LogP contribution in [0.1, 0.15) is 21.8 Å². The van der Waals surface area contributed by atoms with E-state index in [4.69, 9.17) is 9.26 Å². The molecule has 1 amide bonds. The average Bonchev–Trinajstić information content (AvgIpc) is 3.08. The highest BCUT2D eigenvalue weighted by Gasteiger charge is 2.15. The standard InChI is InChI=1S/C12H14N4O3/c17-12(11-1-3-15-19-11)13-4-5-16-10-2-6-18-8-9(10)7-14-16/h1,3,7H,2,4-6,8H2,(H,13,17). The van der Waals surface area contributed by atoms with Gasteiger partial charge in [-0.15, -0.1) is 0 Å². The van der Waals surface area contributed by atoms with Gasteiger partial charge in [0.25, 0.3) is 5.91 Å². The Kier molecular flexibility index (Phi) is 3.28. The lowest BCUT2D eigenvalue weighted by Crippen LogP contribution is -2.28. The van der Waals surface area contributed by atoms with Crippen LogP contribution in [-0.4, -0.2) is 34.0 Å². The minimum absolute atomic E-state index is 0.218. The average molecular weight is 262 g/mol. The monoisotopic (exact) mass is 262 g/mol. The van der Waals surface area contributed by atoms with Crippen molar-refractivity contribution in [1.82, 2.24) is 20.3 Å². The highest BCUT2D eigenvalue weighted by atomic mass is 16.5. The zero-order valence-corrected chi connectivity index (χ0v) is 10.3. The molecule has 7 heteroatoms. The van der Waals surface area contributed by atoms with Crippen LogP contribution in [0.25, 0.3) is 0 Å². The number of carbonyl (C=O) groups is 1. The van der Waals surface area contributed by atoms with Crippen LogP contribution in [0.2, 0.25) is 0 Å². The molecule has 0 spiro atoms. The number of ether oxygens (including phenoxy) is 1. The highest BCUT2D eigenvalue weighted by molar-refractivity contribution is 5.91. The highest BCUT2D eigenvalue weighted by Crippen LogP contribution is 2.15. The Morgan fingerprint density at radius 3 is 3.32 bits per heavy atom. The molecular formula is C12H14N4O3. The van der Waals surface area contributed by atoms with Crippen LogP contribution in [0, 0.1) is 0 Å². The summed E-state index contributed by atoms with van der Waals surface area (Å²) in [5.41, 5.74) is 2.33. The molecule has 3 rings (SSSR count). The van der Waals surface area contributed by atoms with E-state index in [-0.39, 0.29) is 11.7 Å². The quantitative estimate of drug-likeness (QED) is 0.861. The van der Waals surface area contributed by atoms with Crippen LogP contribution < -0.4 is 5.32 Å². The maximum atomic E-state index is 11.6. The van der Waals surface area contributed by atoms with Gasteiger partial charge in [-0.3, -0.25) is 9.48 Å². The Morgan fingerprint density at radius 1 is 1.53 bits per heavy atom. The van der Waals surface area contributed by atoms with Crippen molar-refractivity contribution in [1.29, 1.82) is 0 Å². The van der Waals surface area contributed by atoms with Gasteiger partial charge in [-0.05, 0) is 0 Å². The van der Waals surface area contributed by atoms with Crippen LogP contribution in [0.5, 0.6) is 0 Å². The molecule has 100 valence electrons. The zero-order valence-electron chi connectivity index (χ0n) is 10.3. The third kappa shape index (κ3) is 2.50. The fraction of sp³-hybridized carbons (Fsp3) is 0.417. The molecule has 0 aromatic carbocycles. The van der Waals surface area contributed by atoms with Crippen LogP contribution >= 0.6 is 0 Å². The molecule has 0 aliphatic carbocycles. The van der Waals surface area contributed by atoms with Gasteiger partial charge in [0.15, 0.2) is 0 Å². The molecule has 3 heterocycles. The van der Waals surface area contributed by atoms with E-state index in [0.717, 1.165) is 18.6 Å². The lowest BCUT2D eigenvalue weighted by molar-refractivity contribution is 0.0913. The molecule has 0 saturated heterocycles. The lowest BCUT2D eigenvalue weighted by Gasteiger charge is -2.14. The largest absolute Gasteiger partial charge is 0.376 e. The van der Waals surface area contributed by atoms with Crippen molar-refractivity contribution in [3.63, 3.8) is 0 Å². The van der Waals surface area contributed by atoms with E-state index in [2.05, 4.69) is 15.6 Å². The second-order valence-corrected chi connectivity index (χ2v) is 4.27. The Balaban J connectivity index is 1.55. The fourth-order valence-electron chi connectivity index (χ4n) is 2.10. The number of aromatic nitrogens is 3. The van der Waals surface area contributed by atoms with Gasteiger partial charge in [0.1, 0.15) is 0 Å². The first-order valence-electron chi connectivity index (χ1n) is 6.15. The van der Waals surface area contributed by atoms with Gasteiger partial charge >= 0.3 is 0 Å². The molecule has 0 unspecified atom stereocenters. The summed E-state index contributed by atoms with van der Waals surface area (Å²) in [5, 5.41) is 10.6. The topological polar surface area (TPSA) is 82.2 Å². The summed E-state index contributed by atoms with van der Waals surface area (Å²) in [6.45, 7) is 2.48. The minimum atomic E-state index is -0.262. The van der Waals surface area contributed by atoms with E-state index in [1.807, 2.05) is 10.9 Å². The number of rotatable bonds is 4. The van der Waals surface area contributed by atoms with Crippen molar-refractivity contribution >= 4 is 5.91 Å².